The molecule has 27 heavy (non-hydrogen) atoms. The summed E-state index contributed by atoms with van der Waals surface area (Å²) in [5.74, 6) is -0.986. The van der Waals surface area contributed by atoms with Gasteiger partial charge >= 0.3 is 0 Å². The zero-order valence-electron chi connectivity index (χ0n) is 15.8. The predicted molar refractivity (Wildman–Crippen MR) is 106 cm³/mol. The molecule has 0 radical (unpaired) electrons. The van der Waals surface area contributed by atoms with Gasteiger partial charge in [-0.25, -0.2) is 12.8 Å². The number of rotatable bonds is 8. The molecule has 0 saturated carbocycles. The van der Waals surface area contributed by atoms with Crippen LogP contribution in [0, 0.1) is 12.7 Å². The van der Waals surface area contributed by atoms with Gasteiger partial charge < -0.3 is 5.32 Å². The number of amides is 1. The molecular weight excluding hydrogens is 367 g/mol. The van der Waals surface area contributed by atoms with Crippen molar-refractivity contribution in [1.29, 1.82) is 0 Å². The van der Waals surface area contributed by atoms with E-state index < -0.39 is 27.8 Å². The molecule has 0 heterocycles. The van der Waals surface area contributed by atoms with Gasteiger partial charge in [0.1, 0.15) is 11.9 Å². The molecule has 1 N–H and O–H groups in total. The van der Waals surface area contributed by atoms with Crippen LogP contribution < -0.4 is 9.62 Å². The standard InChI is InChI=1S/C20H25FN2O3S/c1-15-9-11-17(12-10-15)6-5-13-22-20(24)16(2)23(27(3,25)26)19-8-4-7-18(21)14-19/h4,7-12,14,16H,5-6,13H2,1-3H3,(H,22,24)/t16-/m1/s1. The molecule has 0 fully saturated rings. The molecule has 0 saturated heterocycles. The Morgan fingerprint density at radius 1 is 1.19 bits per heavy atom. The molecule has 2 aromatic rings. The van der Waals surface area contributed by atoms with Crippen molar-refractivity contribution in [3.05, 3.63) is 65.5 Å². The highest BCUT2D eigenvalue weighted by Crippen LogP contribution is 2.21. The fourth-order valence-corrected chi connectivity index (χ4v) is 4.00. The zero-order chi connectivity index (χ0) is 20.0. The Kier molecular flexibility index (Phi) is 6.96. The van der Waals surface area contributed by atoms with Crippen LogP contribution in [0.5, 0.6) is 0 Å². The van der Waals surface area contributed by atoms with Crippen molar-refractivity contribution in [2.24, 2.45) is 0 Å². The molecule has 0 aromatic heterocycles. The molecule has 0 unspecified atom stereocenters. The summed E-state index contributed by atoms with van der Waals surface area (Å²) in [6.45, 7) is 3.94. The zero-order valence-corrected chi connectivity index (χ0v) is 16.6. The molecule has 0 aliphatic carbocycles. The van der Waals surface area contributed by atoms with Gasteiger partial charge in [-0.15, -0.1) is 0 Å². The van der Waals surface area contributed by atoms with Gasteiger partial charge in [0, 0.05) is 6.54 Å². The first kappa shape index (κ1) is 20.9. The second kappa shape index (κ2) is 8.99. The van der Waals surface area contributed by atoms with Crippen LogP contribution in [0.2, 0.25) is 0 Å². The van der Waals surface area contributed by atoms with E-state index in [2.05, 4.69) is 17.4 Å². The molecule has 0 bridgehead atoms. The van der Waals surface area contributed by atoms with Gasteiger partial charge in [-0.2, -0.15) is 0 Å². The van der Waals surface area contributed by atoms with Crippen LogP contribution in [0.15, 0.2) is 48.5 Å². The Morgan fingerprint density at radius 3 is 2.44 bits per heavy atom. The fourth-order valence-electron chi connectivity index (χ4n) is 2.83. The van der Waals surface area contributed by atoms with Crippen molar-refractivity contribution in [2.45, 2.75) is 32.7 Å². The number of halogens is 1. The quantitative estimate of drug-likeness (QED) is 0.702. The number of carbonyl (C=O) groups is 1. The number of carbonyl (C=O) groups excluding carboxylic acids is 1. The van der Waals surface area contributed by atoms with E-state index in [1.807, 2.05) is 19.1 Å². The van der Waals surface area contributed by atoms with Crippen LogP contribution in [-0.2, 0) is 21.2 Å². The SMILES string of the molecule is Cc1ccc(CCCNC(=O)[C@@H](C)N(c2cccc(F)c2)S(C)(=O)=O)cc1. The van der Waals surface area contributed by atoms with Crippen molar-refractivity contribution < 1.29 is 17.6 Å². The van der Waals surface area contributed by atoms with Gasteiger partial charge in [0.15, 0.2) is 0 Å². The third-order valence-electron chi connectivity index (χ3n) is 4.21. The maximum atomic E-state index is 13.5. The Bertz CT molecular complexity index is 882. The van der Waals surface area contributed by atoms with E-state index in [1.165, 1.54) is 36.2 Å². The molecule has 146 valence electrons. The summed E-state index contributed by atoms with van der Waals surface area (Å²) in [6, 6.07) is 12.4. The Balaban J connectivity index is 1.97. The fraction of sp³-hybridized carbons (Fsp3) is 0.350. The lowest BCUT2D eigenvalue weighted by molar-refractivity contribution is -0.121. The molecule has 2 rings (SSSR count). The molecule has 0 spiro atoms. The predicted octanol–water partition coefficient (Wildman–Crippen LogP) is 3.04. The average molecular weight is 392 g/mol. The van der Waals surface area contributed by atoms with Crippen LogP contribution in [-0.4, -0.2) is 33.2 Å². The molecule has 5 nitrogen and oxygen atoms in total. The molecule has 1 amide bonds. The van der Waals surface area contributed by atoms with Crippen molar-refractivity contribution in [2.75, 3.05) is 17.1 Å². The largest absolute Gasteiger partial charge is 0.354 e. The normalized spacial score (nSPS) is 12.4. The molecule has 7 heteroatoms. The third-order valence-corrected chi connectivity index (χ3v) is 5.45. The Labute approximate surface area is 160 Å². The van der Waals surface area contributed by atoms with E-state index in [4.69, 9.17) is 0 Å². The van der Waals surface area contributed by atoms with Gasteiger partial charge in [-0.1, -0.05) is 35.9 Å². The van der Waals surface area contributed by atoms with E-state index in [0.717, 1.165) is 29.5 Å². The van der Waals surface area contributed by atoms with Crippen LogP contribution in [0.1, 0.15) is 24.5 Å². The van der Waals surface area contributed by atoms with E-state index >= 15 is 0 Å². The summed E-state index contributed by atoms with van der Waals surface area (Å²) in [5.41, 5.74) is 2.50. The second-order valence-electron chi connectivity index (χ2n) is 6.59. The first-order valence-electron chi connectivity index (χ1n) is 8.76. The lowest BCUT2D eigenvalue weighted by Gasteiger charge is -2.28. The number of benzene rings is 2. The summed E-state index contributed by atoms with van der Waals surface area (Å²) in [5, 5.41) is 2.76. The third kappa shape index (κ3) is 6.06. The summed E-state index contributed by atoms with van der Waals surface area (Å²) in [4.78, 5) is 12.4. The van der Waals surface area contributed by atoms with E-state index in [1.54, 1.807) is 0 Å². The molecule has 2 aromatic carbocycles. The van der Waals surface area contributed by atoms with Crippen LogP contribution in [0.4, 0.5) is 10.1 Å². The van der Waals surface area contributed by atoms with E-state index in [9.17, 15) is 17.6 Å². The monoisotopic (exact) mass is 392 g/mol. The number of sulfonamides is 1. The average Bonchev–Trinajstić information content (AvgIpc) is 2.59. The Hall–Kier alpha value is -2.41. The minimum absolute atomic E-state index is 0.125. The topological polar surface area (TPSA) is 66.5 Å². The first-order chi connectivity index (χ1) is 12.7. The molecule has 1 atom stereocenters. The van der Waals surface area contributed by atoms with Crippen molar-refractivity contribution in [3.63, 3.8) is 0 Å². The van der Waals surface area contributed by atoms with Crippen LogP contribution in [0.3, 0.4) is 0 Å². The van der Waals surface area contributed by atoms with Gasteiger partial charge in [-0.3, -0.25) is 9.10 Å². The van der Waals surface area contributed by atoms with Gasteiger partial charge in [0.25, 0.3) is 0 Å². The second-order valence-corrected chi connectivity index (χ2v) is 8.45. The summed E-state index contributed by atoms with van der Waals surface area (Å²) >= 11 is 0. The highest BCUT2D eigenvalue weighted by Gasteiger charge is 2.29. The lowest BCUT2D eigenvalue weighted by Crippen LogP contribution is -2.48. The minimum Gasteiger partial charge on any atom is -0.354 e. The molecule has 0 aliphatic rings. The summed E-state index contributed by atoms with van der Waals surface area (Å²) in [7, 11) is -3.75. The highest BCUT2D eigenvalue weighted by atomic mass is 32.2. The number of anilines is 1. The maximum absolute atomic E-state index is 13.5. The number of nitrogens with one attached hydrogen (secondary N) is 1. The Morgan fingerprint density at radius 2 is 1.85 bits per heavy atom. The smallest absolute Gasteiger partial charge is 0.243 e. The first-order valence-corrected chi connectivity index (χ1v) is 10.6. The molecular formula is C20H25FN2O3S. The van der Waals surface area contributed by atoms with Crippen molar-refractivity contribution >= 4 is 21.6 Å². The minimum atomic E-state index is -3.75. The van der Waals surface area contributed by atoms with Crippen molar-refractivity contribution in [1.82, 2.24) is 5.32 Å². The highest BCUT2D eigenvalue weighted by molar-refractivity contribution is 7.92. The van der Waals surface area contributed by atoms with Gasteiger partial charge in [0.2, 0.25) is 15.9 Å². The molecule has 0 aliphatic heterocycles. The number of hydrogen-bond donors (Lipinski definition) is 1. The lowest BCUT2D eigenvalue weighted by atomic mass is 10.1. The number of hydrogen-bond acceptors (Lipinski definition) is 3. The maximum Gasteiger partial charge on any atom is 0.243 e. The van der Waals surface area contributed by atoms with Crippen molar-refractivity contribution in [3.8, 4) is 0 Å². The summed E-state index contributed by atoms with van der Waals surface area (Å²) in [6.07, 6.45) is 2.55. The van der Waals surface area contributed by atoms with E-state index in [-0.39, 0.29) is 5.69 Å². The number of aryl methyl sites for hydroxylation is 2. The van der Waals surface area contributed by atoms with Gasteiger partial charge in [0.05, 0.1) is 11.9 Å². The number of nitrogens with zero attached hydrogens (tertiary/aromatic N) is 1. The summed E-state index contributed by atoms with van der Waals surface area (Å²) < 4.78 is 38.7. The van der Waals surface area contributed by atoms with Gasteiger partial charge in [-0.05, 0) is 50.5 Å². The van der Waals surface area contributed by atoms with E-state index in [0.29, 0.717) is 6.54 Å². The van der Waals surface area contributed by atoms with Crippen LogP contribution in [0.25, 0.3) is 0 Å². The van der Waals surface area contributed by atoms with Crippen LogP contribution >= 0.6 is 0 Å².